The molecule has 1 aliphatic carbocycles. The summed E-state index contributed by atoms with van der Waals surface area (Å²) in [6, 6.07) is 15.9. The Morgan fingerprint density at radius 2 is 1.80 bits per heavy atom. The van der Waals surface area contributed by atoms with Crippen molar-refractivity contribution in [2.75, 3.05) is 5.75 Å². The number of carbonyl (C=O) groups is 1. The smallest absolute Gasteiger partial charge is 0.276 e. The Morgan fingerprint density at radius 1 is 1.03 bits per heavy atom. The lowest BCUT2D eigenvalue weighted by atomic mass is 10.1. The summed E-state index contributed by atoms with van der Waals surface area (Å²) in [7, 11) is 0. The Hall–Kier alpha value is -2.80. The van der Waals surface area contributed by atoms with Crippen LogP contribution in [0.15, 0.2) is 58.6 Å². The number of amides is 1. The number of amidine groups is 1. The van der Waals surface area contributed by atoms with Crippen LogP contribution in [0.1, 0.15) is 76.4 Å². The van der Waals surface area contributed by atoms with E-state index in [1.807, 2.05) is 48.5 Å². The molecule has 184 valence electrons. The molecular weight excluding hydrogens is 456 g/mol. The van der Waals surface area contributed by atoms with Crippen molar-refractivity contribution in [3.63, 3.8) is 0 Å². The van der Waals surface area contributed by atoms with Crippen LogP contribution in [0.3, 0.4) is 0 Å². The number of rotatable bonds is 9. The SMILES string of the molecule is CCCCCCCSC1=NN2C(=c3ccccc3=N[C@@H]2c2ccc(OC3CCCC3)cc2)C(=O)N1. The Balaban J connectivity index is 1.39. The number of hydrogen-bond donors (Lipinski definition) is 1. The molecule has 0 bridgehead atoms. The van der Waals surface area contributed by atoms with Crippen LogP contribution in [-0.2, 0) is 4.79 Å². The predicted octanol–water partition coefficient (Wildman–Crippen LogP) is 4.85. The van der Waals surface area contributed by atoms with Gasteiger partial charge in [-0.1, -0.05) is 74.7 Å². The third-order valence-corrected chi connectivity index (χ3v) is 7.74. The Labute approximate surface area is 211 Å². The van der Waals surface area contributed by atoms with Gasteiger partial charge in [0.05, 0.1) is 11.5 Å². The predicted molar refractivity (Wildman–Crippen MR) is 141 cm³/mol. The third kappa shape index (κ3) is 5.56. The molecule has 2 aromatic rings. The van der Waals surface area contributed by atoms with Gasteiger partial charge in [0.2, 0.25) is 0 Å². The van der Waals surface area contributed by atoms with Crippen molar-refractivity contribution in [2.24, 2.45) is 10.1 Å². The fraction of sp³-hybridized carbons (Fsp3) is 0.464. The molecule has 2 aliphatic heterocycles. The molecule has 0 spiro atoms. The van der Waals surface area contributed by atoms with Crippen LogP contribution in [0.25, 0.3) is 5.70 Å². The second kappa shape index (κ2) is 11.3. The largest absolute Gasteiger partial charge is 0.490 e. The highest BCUT2D eigenvalue weighted by molar-refractivity contribution is 8.13. The lowest BCUT2D eigenvalue weighted by Crippen LogP contribution is -2.50. The first kappa shape index (κ1) is 23.9. The summed E-state index contributed by atoms with van der Waals surface area (Å²) in [5.74, 6) is 1.71. The van der Waals surface area contributed by atoms with E-state index < -0.39 is 6.17 Å². The van der Waals surface area contributed by atoms with Crippen molar-refractivity contribution in [3.8, 4) is 5.75 Å². The first-order valence-electron chi connectivity index (χ1n) is 13.0. The average molecular weight is 491 g/mol. The van der Waals surface area contributed by atoms with Gasteiger partial charge in [-0.25, -0.2) is 5.01 Å². The summed E-state index contributed by atoms with van der Waals surface area (Å²) < 4.78 is 6.15. The molecule has 0 unspecified atom stereocenters. The first-order valence-corrected chi connectivity index (χ1v) is 14.0. The zero-order valence-electron chi connectivity index (χ0n) is 20.4. The number of unbranched alkanes of at least 4 members (excludes halogenated alkanes) is 4. The van der Waals surface area contributed by atoms with E-state index in [-0.39, 0.29) is 5.91 Å². The molecular formula is C28H34N4O2S. The van der Waals surface area contributed by atoms with Crippen LogP contribution < -0.4 is 20.6 Å². The summed E-state index contributed by atoms with van der Waals surface area (Å²) in [5.41, 5.74) is 1.54. The number of ether oxygens (including phenoxy) is 1. The number of hydrazone groups is 1. The van der Waals surface area contributed by atoms with Gasteiger partial charge in [-0.2, -0.15) is 0 Å². The van der Waals surface area contributed by atoms with Gasteiger partial charge in [0, 0.05) is 11.0 Å². The number of carbonyl (C=O) groups excluding carboxylic acids is 1. The summed E-state index contributed by atoms with van der Waals surface area (Å²) in [4.78, 5) is 18.3. The van der Waals surface area contributed by atoms with Crippen LogP contribution in [0, 0.1) is 0 Å². The van der Waals surface area contributed by atoms with Gasteiger partial charge in [-0.3, -0.25) is 15.1 Å². The van der Waals surface area contributed by atoms with Crippen molar-refractivity contribution >= 4 is 28.5 Å². The maximum absolute atomic E-state index is 13.3. The summed E-state index contributed by atoms with van der Waals surface area (Å²) in [6.45, 7) is 2.23. The lowest BCUT2D eigenvalue weighted by Gasteiger charge is -2.34. The highest BCUT2D eigenvalue weighted by atomic mass is 32.2. The molecule has 1 atom stereocenters. The molecule has 35 heavy (non-hydrogen) atoms. The standard InChI is InChI=1S/C28H34N4O2S/c1-2-3-4-5-10-19-35-28-30-27(33)25-23-13-8-9-14-24(23)29-26(32(25)31-28)20-15-17-22(18-16-20)34-21-11-6-7-12-21/h8-9,13-18,21,26H,2-7,10-12,19H2,1H3,(H,30,31,33)/t26-/m0/s1. The number of fused-ring (bicyclic) bond motifs is 2. The summed E-state index contributed by atoms with van der Waals surface area (Å²) in [5, 5.41) is 12.0. The molecule has 0 radical (unpaired) electrons. The Morgan fingerprint density at radius 3 is 2.60 bits per heavy atom. The maximum atomic E-state index is 13.3. The second-order valence-corrected chi connectivity index (χ2v) is 10.5. The molecule has 2 aromatic carbocycles. The Kier molecular flexibility index (Phi) is 7.72. The van der Waals surface area contributed by atoms with E-state index in [2.05, 4.69) is 12.2 Å². The number of hydrogen-bond acceptors (Lipinski definition) is 6. The highest BCUT2D eigenvalue weighted by Crippen LogP contribution is 2.32. The van der Waals surface area contributed by atoms with Gasteiger partial charge >= 0.3 is 0 Å². The van der Waals surface area contributed by atoms with Crippen LogP contribution in [0.5, 0.6) is 5.75 Å². The third-order valence-electron chi connectivity index (χ3n) is 6.79. The molecule has 1 N–H and O–H groups in total. The fourth-order valence-electron chi connectivity index (χ4n) is 4.90. The monoisotopic (exact) mass is 490 g/mol. The molecule has 1 amide bonds. The molecule has 1 fully saturated rings. The van der Waals surface area contributed by atoms with Crippen LogP contribution in [0.4, 0.5) is 0 Å². The van der Waals surface area contributed by atoms with Gasteiger partial charge in [0.1, 0.15) is 11.4 Å². The summed E-state index contributed by atoms with van der Waals surface area (Å²) >= 11 is 1.61. The maximum Gasteiger partial charge on any atom is 0.276 e. The highest BCUT2D eigenvalue weighted by Gasteiger charge is 2.34. The van der Waals surface area contributed by atoms with E-state index in [1.165, 1.54) is 38.5 Å². The second-order valence-electron chi connectivity index (χ2n) is 9.43. The minimum absolute atomic E-state index is 0.123. The number of thioether (sulfide) groups is 1. The van der Waals surface area contributed by atoms with Crippen molar-refractivity contribution in [1.82, 2.24) is 10.3 Å². The van der Waals surface area contributed by atoms with Gasteiger partial charge in [-0.15, -0.1) is 5.10 Å². The lowest BCUT2D eigenvalue weighted by molar-refractivity contribution is -0.116. The minimum atomic E-state index is -0.397. The van der Waals surface area contributed by atoms with E-state index >= 15 is 0 Å². The van der Waals surface area contributed by atoms with Gasteiger partial charge in [0.15, 0.2) is 11.3 Å². The molecule has 5 rings (SSSR count). The normalized spacial score (nSPS) is 19.5. The van der Waals surface area contributed by atoms with Gasteiger partial charge in [-0.05, 0) is 55.9 Å². The van der Waals surface area contributed by atoms with Crippen LogP contribution >= 0.6 is 11.8 Å². The first-order chi connectivity index (χ1) is 17.2. The zero-order chi connectivity index (χ0) is 24.0. The fourth-order valence-corrected chi connectivity index (χ4v) is 5.75. The van der Waals surface area contributed by atoms with Crippen molar-refractivity contribution in [1.29, 1.82) is 0 Å². The zero-order valence-corrected chi connectivity index (χ0v) is 21.2. The van der Waals surface area contributed by atoms with Crippen molar-refractivity contribution in [2.45, 2.75) is 77.0 Å². The topological polar surface area (TPSA) is 66.3 Å². The van der Waals surface area contributed by atoms with Crippen molar-refractivity contribution in [3.05, 3.63) is 64.7 Å². The van der Waals surface area contributed by atoms with Crippen LogP contribution in [0.2, 0.25) is 0 Å². The number of nitrogens with one attached hydrogen (secondary N) is 1. The van der Waals surface area contributed by atoms with Gasteiger partial charge in [0.25, 0.3) is 5.91 Å². The molecule has 0 aromatic heterocycles. The van der Waals surface area contributed by atoms with Gasteiger partial charge < -0.3 is 4.74 Å². The average Bonchev–Trinajstić information content (AvgIpc) is 3.39. The summed E-state index contributed by atoms with van der Waals surface area (Å²) in [6.07, 6.45) is 10.8. The Bertz CT molecular complexity index is 1190. The van der Waals surface area contributed by atoms with Crippen molar-refractivity contribution < 1.29 is 9.53 Å². The number of nitrogens with zero attached hydrogens (tertiary/aromatic N) is 3. The van der Waals surface area contributed by atoms with E-state index in [0.717, 1.165) is 46.9 Å². The van der Waals surface area contributed by atoms with E-state index in [0.29, 0.717) is 17.0 Å². The molecule has 0 saturated heterocycles. The quantitative estimate of drug-likeness (QED) is 0.510. The number of para-hydroxylation sites is 1. The molecule has 6 nitrogen and oxygen atoms in total. The molecule has 1 saturated carbocycles. The number of benzene rings is 2. The molecule has 3 aliphatic rings. The molecule has 7 heteroatoms. The van der Waals surface area contributed by atoms with Crippen LogP contribution in [-0.4, -0.2) is 27.9 Å². The van der Waals surface area contributed by atoms with E-state index in [1.54, 1.807) is 16.8 Å². The minimum Gasteiger partial charge on any atom is -0.490 e. The van der Waals surface area contributed by atoms with E-state index in [9.17, 15) is 4.79 Å². The molecule has 2 heterocycles. The van der Waals surface area contributed by atoms with E-state index in [4.69, 9.17) is 14.8 Å².